The van der Waals surface area contributed by atoms with Crippen LogP contribution in [0, 0.1) is 17.4 Å². The van der Waals surface area contributed by atoms with Crippen molar-refractivity contribution in [1.82, 2.24) is 0 Å². The van der Waals surface area contributed by atoms with E-state index in [1.54, 1.807) is 0 Å². The van der Waals surface area contributed by atoms with Crippen LogP contribution in [0.25, 0.3) is 0 Å². The van der Waals surface area contributed by atoms with E-state index in [-0.39, 0.29) is 5.75 Å². The summed E-state index contributed by atoms with van der Waals surface area (Å²) in [5.74, 6) is 0.167. The SMILES string of the molecule is Cc1cc(I)cc(C)c1[O]. The zero-order valence-corrected chi connectivity index (χ0v) is 8.10. The van der Waals surface area contributed by atoms with Gasteiger partial charge in [0.15, 0.2) is 5.75 Å². The van der Waals surface area contributed by atoms with Crippen molar-refractivity contribution in [2.24, 2.45) is 0 Å². The number of rotatable bonds is 0. The third-order valence-electron chi connectivity index (χ3n) is 1.43. The number of halogens is 1. The fraction of sp³-hybridized carbons (Fsp3) is 0.250. The van der Waals surface area contributed by atoms with Crippen LogP contribution in [0.15, 0.2) is 12.1 Å². The Labute approximate surface area is 74.2 Å². The Hall–Kier alpha value is -0.250. The van der Waals surface area contributed by atoms with E-state index in [1.165, 1.54) is 0 Å². The Morgan fingerprint density at radius 1 is 1.20 bits per heavy atom. The highest BCUT2D eigenvalue weighted by Crippen LogP contribution is 2.23. The molecule has 53 valence electrons. The molecule has 0 saturated heterocycles. The second-order valence-corrected chi connectivity index (χ2v) is 3.61. The molecule has 0 aliphatic rings. The molecule has 0 spiro atoms. The number of aryl methyl sites for hydroxylation is 2. The summed E-state index contributed by atoms with van der Waals surface area (Å²) in [5.41, 5.74) is 1.67. The van der Waals surface area contributed by atoms with Crippen molar-refractivity contribution in [2.75, 3.05) is 0 Å². The lowest BCUT2D eigenvalue weighted by Crippen LogP contribution is -1.80. The van der Waals surface area contributed by atoms with E-state index in [1.807, 2.05) is 26.0 Å². The van der Waals surface area contributed by atoms with E-state index in [0.717, 1.165) is 14.7 Å². The highest BCUT2D eigenvalue weighted by Gasteiger charge is 2.02. The molecule has 0 unspecified atom stereocenters. The van der Waals surface area contributed by atoms with Gasteiger partial charge in [0.05, 0.1) is 0 Å². The first-order valence-corrected chi connectivity index (χ1v) is 4.13. The molecule has 0 aromatic heterocycles. The van der Waals surface area contributed by atoms with E-state index in [2.05, 4.69) is 22.6 Å². The first-order chi connectivity index (χ1) is 4.61. The molecule has 0 N–H and O–H groups in total. The highest BCUT2D eigenvalue weighted by atomic mass is 127. The van der Waals surface area contributed by atoms with Gasteiger partial charge in [-0.25, -0.2) is 0 Å². The molecule has 0 saturated carbocycles. The van der Waals surface area contributed by atoms with Crippen LogP contribution >= 0.6 is 22.6 Å². The standard InChI is InChI=1S/C8H8IO/c1-5-3-7(9)4-6(2)8(5)10/h3-4H,1-2H3. The van der Waals surface area contributed by atoms with Gasteiger partial charge in [-0.15, -0.1) is 0 Å². The van der Waals surface area contributed by atoms with Gasteiger partial charge in [-0.1, -0.05) is 0 Å². The molecule has 2 heteroatoms. The average Bonchev–Trinajstić information content (AvgIpc) is 1.82. The van der Waals surface area contributed by atoms with Crippen molar-refractivity contribution < 1.29 is 5.11 Å². The lowest BCUT2D eigenvalue weighted by atomic mass is 10.1. The van der Waals surface area contributed by atoms with E-state index < -0.39 is 0 Å². The Morgan fingerprint density at radius 2 is 1.60 bits per heavy atom. The zero-order valence-electron chi connectivity index (χ0n) is 5.94. The van der Waals surface area contributed by atoms with Crippen molar-refractivity contribution in [2.45, 2.75) is 13.8 Å². The molecule has 0 bridgehead atoms. The van der Waals surface area contributed by atoms with Crippen LogP contribution in [0.4, 0.5) is 0 Å². The summed E-state index contributed by atoms with van der Waals surface area (Å²) in [4.78, 5) is 0. The van der Waals surface area contributed by atoms with Gasteiger partial charge in [0.2, 0.25) is 0 Å². The molecule has 0 atom stereocenters. The number of hydrogen-bond donors (Lipinski definition) is 0. The molecule has 1 rings (SSSR count). The van der Waals surface area contributed by atoms with Gasteiger partial charge < -0.3 is 0 Å². The molecule has 0 aliphatic carbocycles. The lowest BCUT2D eigenvalue weighted by Gasteiger charge is -1.99. The lowest BCUT2D eigenvalue weighted by molar-refractivity contribution is 0.348. The molecule has 1 radical (unpaired) electrons. The zero-order chi connectivity index (χ0) is 7.72. The summed E-state index contributed by atoms with van der Waals surface area (Å²) >= 11 is 2.21. The maximum atomic E-state index is 11.1. The van der Waals surface area contributed by atoms with Crippen molar-refractivity contribution in [3.05, 3.63) is 26.8 Å². The van der Waals surface area contributed by atoms with Crippen molar-refractivity contribution in [3.63, 3.8) is 0 Å². The fourth-order valence-electron chi connectivity index (χ4n) is 0.897. The fourth-order valence-corrected chi connectivity index (χ4v) is 1.83. The van der Waals surface area contributed by atoms with Crippen molar-refractivity contribution in [3.8, 4) is 5.75 Å². The summed E-state index contributed by atoms with van der Waals surface area (Å²) in [7, 11) is 0. The topological polar surface area (TPSA) is 19.9 Å². The van der Waals surface area contributed by atoms with Crippen LogP contribution in [0.5, 0.6) is 5.75 Å². The quantitative estimate of drug-likeness (QED) is 0.628. The maximum Gasteiger partial charge on any atom is 0.184 e. The largest absolute Gasteiger partial charge is 0.289 e. The van der Waals surface area contributed by atoms with Crippen LogP contribution in [0.1, 0.15) is 11.1 Å². The Balaban J connectivity index is 3.31. The van der Waals surface area contributed by atoms with Gasteiger partial charge in [0.1, 0.15) is 0 Å². The minimum absolute atomic E-state index is 0.167. The summed E-state index contributed by atoms with van der Waals surface area (Å²) in [5, 5.41) is 11.1. The Bertz CT molecular complexity index is 232. The molecule has 10 heavy (non-hydrogen) atoms. The second kappa shape index (κ2) is 2.78. The third kappa shape index (κ3) is 1.42. The Morgan fingerprint density at radius 3 is 2.00 bits per heavy atom. The second-order valence-electron chi connectivity index (χ2n) is 2.37. The van der Waals surface area contributed by atoms with Gasteiger partial charge in [-0.05, 0) is 59.7 Å². The van der Waals surface area contributed by atoms with Gasteiger partial charge >= 0.3 is 0 Å². The number of benzene rings is 1. The van der Waals surface area contributed by atoms with E-state index in [0.29, 0.717) is 0 Å². The normalized spacial score (nSPS) is 9.90. The first-order valence-electron chi connectivity index (χ1n) is 3.05. The average molecular weight is 247 g/mol. The third-order valence-corrected chi connectivity index (χ3v) is 2.05. The van der Waals surface area contributed by atoms with Gasteiger partial charge in [-0.3, -0.25) is 5.11 Å². The van der Waals surface area contributed by atoms with E-state index in [4.69, 9.17) is 0 Å². The summed E-state index contributed by atoms with van der Waals surface area (Å²) < 4.78 is 1.13. The summed E-state index contributed by atoms with van der Waals surface area (Å²) in [6.45, 7) is 3.69. The van der Waals surface area contributed by atoms with Crippen LogP contribution in [-0.2, 0) is 5.11 Å². The molecular formula is C8H8IO. The van der Waals surface area contributed by atoms with Crippen LogP contribution < -0.4 is 0 Å². The molecule has 0 heterocycles. The van der Waals surface area contributed by atoms with E-state index >= 15 is 0 Å². The van der Waals surface area contributed by atoms with Gasteiger partial charge in [0, 0.05) is 3.57 Å². The van der Waals surface area contributed by atoms with E-state index in [9.17, 15) is 5.11 Å². The van der Waals surface area contributed by atoms with Crippen LogP contribution in [0.3, 0.4) is 0 Å². The predicted molar refractivity (Wildman–Crippen MR) is 48.8 cm³/mol. The molecule has 1 aromatic carbocycles. The first kappa shape index (κ1) is 7.85. The minimum atomic E-state index is 0.167. The predicted octanol–water partition coefficient (Wildman–Crippen LogP) is 3.05. The number of hydrogen-bond acceptors (Lipinski definition) is 0. The maximum absolute atomic E-state index is 11.1. The smallest absolute Gasteiger partial charge is 0.184 e. The van der Waals surface area contributed by atoms with Gasteiger partial charge in [-0.2, -0.15) is 0 Å². The van der Waals surface area contributed by atoms with Crippen LogP contribution in [-0.4, -0.2) is 0 Å². The molecule has 1 nitrogen and oxygen atoms in total. The molecule has 0 aliphatic heterocycles. The Kier molecular flexibility index (Phi) is 2.18. The monoisotopic (exact) mass is 247 g/mol. The summed E-state index contributed by atoms with van der Waals surface area (Å²) in [6, 6.07) is 3.80. The molecule has 0 fully saturated rings. The highest BCUT2D eigenvalue weighted by molar-refractivity contribution is 14.1. The minimum Gasteiger partial charge on any atom is -0.289 e. The van der Waals surface area contributed by atoms with Gasteiger partial charge in [0.25, 0.3) is 0 Å². The van der Waals surface area contributed by atoms with Crippen molar-refractivity contribution in [1.29, 1.82) is 0 Å². The van der Waals surface area contributed by atoms with Crippen LogP contribution in [0.2, 0.25) is 0 Å². The molecular weight excluding hydrogens is 239 g/mol. The molecule has 1 aromatic rings. The molecule has 0 amide bonds. The summed E-state index contributed by atoms with van der Waals surface area (Å²) in [6.07, 6.45) is 0. The van der Waals surface area contributed by atoms with Crippen molar-refractivity contribution >= 4 is 22.6 Å².